The number of carbonyl (C=O) groups excluding carboxylic acids is 2. The van der Waals surface area contributed by atoms with Gasteiger partial charge in [-0.3, -0.25) is 9.59 Å². The minimum atomic E-state index is -0.352. The van der Waals surface area contributed by atoms with Gasteiger partial charge < -0.3 is 10.6 Å². The summed E-state index contributed by atoms with van der Waals surface area (Å²) in [5.74, 6) is 0.328. The quantitative estimate of drug-likeness (QED) is 0.705. The Balaban J connectivity index is 2.34. The average Bonchev–Trinajstić information content (AvgIpc) is 2.42. The summed E-state index contributed by atoms with van der Waals surface area (Å²) in [5.41, 5.74) is 0. The zero-order valence-electron chi connectivity index (χ0n) is 8.72. The molecule has 0 aromatic rings. The Hall–Kier alpha value is -0.770. The Bertz CT molecular complexity index is 233. The molecule has 1 heterocycles. The Kier molecular flexibility index (Phi) is 5.47. The zero-order valence-corrected chi connectivity index (χ0v) is 9.48. The standard InChI is InChI=1S/C10H17ClN2O2/c11-6-3-5-9(14)13-8-4-1-2-7-12-10(8)15/h8H,1-7H2,(H,12,15)(H,13,14). The molecular formula is C10H17ClN2O2. The van der Waals surface area contributed by atoms with Crippen LogP contribution >= 0.6 is 11.6 Å². The highest BCUT2D eigenvalue weighted by Gasteiger charge is 2.21. The van der Waals surface area contributed by atoms with Gasteiger partial charge in [0.15, 0.2) is 0 Å². The highest BCUT2D eigenvalue weighted by atomic mass is 35.5. The molecule has 0 aromatic carbocycles. The third-order valence-corrected chi connectivity index (χ3v) is 2.68. The van der Waals surface area contributed by atoms with Crippen LogP contribution in [0.2, 0.25) is 0 Å². The van der Waals surface area contributed by atoms with Crippen LogP contribution in [0.3, 0.4) is 0 Å². The lowest BCUT2D eigenvalue weighted by Crippen LogP contribution is -2.45. The predicted molar refractivity (Wildman–Crippen MR) is 58.7 cm³/mol. The summed E-state index contributed by atoms with van der Waals surface area (Å²) in [6.45, 7) is 0.715. The first kappa shape index (κ1) is 12.3. The Labute approximate surface area is 94.7 Å². The number of hydrogen-bond acceptors (Lipinski definition) is 2. The molecule has 2 N–H and O–H groups in total. The summed E-state index contributed by atoms with van der Waals surface area (Å²) in [5, 5.41) is 5.51. The predicted octanol–water partition coefficient (Wildman–Crippen LogP) is 0.790. The topological polar surface area (TPSA) is 58.2 Å². The van der Waals surface area contributed by atoms with Crippen LogP contribution < -0.4 is 10.6 Å². The third kappa shape index (κ3) is 4.51. The molecule has 1 aliphatic heterocycles. The summed E-state index contributed by atoms with van der Waals surface area (Å²) in [6, 6.07) is -0.352. The molecular weight excluding hydrogens is 216 g/mol. The normalized spacial score (nSPS) is 21.7. The van der Waals surface area contributed by atoms with Crippen molar-refractivity contribution in [2.45, 2.75) is 38.1 Å². The lowest BCUT2D eigenvalue weighted by atomic mass is 10.1. The number of nitrogens with one attached hydrogen (secondary N) is 2. The van der Waals surface area contributed by atoms with Gasteiger partial charge in [0.1, 0.15) is 6.04 Å². The van der Waals surface area contributed by atoms with Crippen LogP contribution in [0.25, 0.3) is 0 Å². The number of alkyl halides is 1. The maximum Gasteiger partial charge on any atom is 0.242 e. The van der Waals surface area contributed by atoms with Gasteiger partial charge in [-0.05, 0) is 25.7 Å². The summed E-state index contributed by atoms with van der Waals surface area (Å²) in [7, 11) is 0. The minimum Gasteiger partial charge on any atom is -0.354 e. The van der Waals surface area contributed by atoms with Crippen LogP contribution in [0.15, 0.2) is 0 Å². The van der Waals surface area contributed by atoms with E-state index >= 15 is 0 Å². The van der Waals surface area contributed by atoms with Gasteiger partial charge in [0, 0.05) is 18.8 Å². The summed E-state index contributed by atoms with van der Waals surface area (Å²) >= 11 is 5.48. The van der Waals surface area contributed by atoms with Crippen LogP contribution in [-0.2, 0) is 9.59 Å². The van der Waals surface area contributed by atoms with Gasteiger partial charge in [-0.2, -0.15) is 0 Å². The fraction of sp³-hybridized carbons (Fsp3) is 0.800. The van der Waals surface area contributed by atoms with E-state index in [9.17, 15) is 9.59 Å². The first-order chi connectivity index (χ1) is 7.24. The maximum atomic E-state index is 11.5. The first-order valence-corrected chi connectivity index (χ1v) is 5.90. The van der Waals surface area contributed by atoms with Crippen LogP contribution in [0.1, 0.15) is 32.1 Å². The molecule has 2 amide bonds. The molecule has 5 heteroatoms. The van der Waals surface area contributed by atoms with E-state index in [2.05, 4.69) is 10.6 Å². The maximum absolute atomic E-state index is 11.5. The van der Waals surface area contributed by atoms with Crippen LogP contribution in [0.4, 0.5) is 0 Å². The highest BCUT2D eigenvalue weighted by molar-refractivity contribution is 6.17. The van der Waals surface area contributed by atoms with E-state index in [1.807, 2.05) is 0 Å². The molecule has 15 heavy (non-hydrogen) atoms. The molecule has 0 aliphatic carbocycles. The number of halogens is 1. The van der Waals surface area contributed by atoms with Gasteiger partial charge >= 0.3 is 0 Å². The molecule has 1 atom stereocenters. The van der Waals surface area contributed by atoms with Gasteiger partial charge in [-0.1, -0.05) is 0 Å². The zero-order chi connectivity index (χ0) is 11.1. The van der Waals surface area contributed by atoms with Crippen molar-refractivity contribution >= 4 is 23.4 Å². The number of rotatable bonds is 4. The van der Waals surface area contributed by atoms with Crippen molar-refractivity contribution in [3.05, 3.63) is 0 Å². The van der Waals surface area contributed by atoms with Crippen LogP contribution in [-0.4, -0.2) is 30.3 Å². The third-order valence-electron chi connectivity index (χ3n) is 2.41. The van der Waals surface area contributed by atoms with Crippen molar-refractivity contribution < 1.29 is 9.59 Å². The molecule has 0 saturated carbocycles. The fourth-order valence-corrected chi connectivity index (χ4v) is 1.70. The second-order valence-corrected chi connectivity index (χ2v) is 4.08. The molecule has 0 radical (unpaired) electrons. The Morgan fingerprint density at radius 1 is 1.53 bits per heavy atom. The Morgan fingerprint density at radius 2 is 2.33 bits per heavy atom. The van der Waals surface area contributed by atoms with E-state index in [-0.39, 0.29) is 17.9 Å². The monoisotopic (exact) mass is 232 g/mol. The molecule has 1 fully saturated rings. The smallest absolute Gasteiger partial charge is 0.242 e. The van der Waals surface area contributed by atoms with Crippen molar-refractivity contribution in [2.75, 3.05) is 12.4 Å². The van der Waals surface area contributed by atoms with E-state index in [1.165, 1.54) is 0 Å². The Morgan fingerprint density at radius 3 is 3.07 bits per heavy atom. The van der Waals surface area contributed by atoms with Gasteiger partial charge in [0.25, 0.3) is 0 Å². The molecule has 0 spiro atoms. The number of carbonyl (C=O) groups is 2. The van der Waals surface area contributed by atoms with Crippen molar-refractivity contribution in [3.8, 4) is 0 Å². The van der Waals surface area contributed by atoms with Crippen molar-refractivity contribution in [1.29, 1.82) is 0 Å². The molecule has 0 bridgehead atoms. The van der Waals surface area contributed by atoms with Crippen molar-refractivity contribution in [3.63, 3.8) is 0 Å². The van der Waals surface area contributed by atoms with Gasteiger partial charge in [-0.15, -0.1) is 11.6 Å². The van der Waals surface area contributed by atoms with E-state index in [0.717, 1.165) is 19.3 Å². The van der Waals surface area contributed by atoms with Crippen LogP contribution in [0, 0.1) is 0 Å². The van der Waals surface area contributed by atoms with E-state index in [0.29, 0.717) is 25.3 Å². The molecule has 1 saturated heterocycles. The second-order valence-electron chi connectivity index (χ2n) is 3.70. The van der Waals surface area contributed by atoms with Gasteiger partial charge in [-0.25, -0.2) is 0 Å². The lowest BCUT2D eigenvalue weighted by molar-refractivity contribution is -0.128. The molecule has 1 aliphatic rings. The van der Waals surface area contributed by atoms with E-state index in [4.69, 9.17) is 11.6 Å². The average molecular weight is 233 g/mol. The van der Waals surface area contributed by atoms with E-state index in [1.54, 1.807) is 0 Å². The lowest BCUT2D eigenvalue weighted by Gasteiger charge is -2.14. The van der Waals surface area contributed by atoms with Crippen molar-refractivity contribution in [1.82, 2.24) is 10.6 Å². The first-order valence-electron chi connectivity index (χ1n) is 5.37. The van der Waals surface area contributed by atoms with Crippen molar-refractivity contribution in [2.24, 2.45) is 0 Å². The van der Waals surface area contributed by atoms with Gasteiger partial charge in [0.05, 0.1) is 0 Å². The number of hydrogen-bond donors (Lipinski definition) is 2. The van der Waals surface area contributed by atoms with E-state index < -0.39 is 0 Å². The largest absolute Gasteiger partial charge is 0.354 e. The summed E-state index contributed by atoms with van der Waals surface area (Å²) in [4.78, 5) is 22.8. The molecule has 0 aromatic heterocycles. The second kappa shape index (κ2) is 6.67. The number of amides is 2. The summed E-state index contributed by atoms with van der Waals surface area (Å²) < 4.78 is 0. The molecule has 86 valence electrons. The minimum absolute atomic E-state index is 0.0632. The molecule has 4 nitrogen and oxygen atoms in total. The summed E-state index contributed by atoms with van der Waals surface area (Å²) in [6.07, 6.45) is 3.74. The SMILES string of the molecule is O=C(CCCCl)NC1CCCCNC1=O. The van der Waals surface area contributed by atoms with Gasteiger partial charge in [0.2, 0.25) is 11.8 Å². The van der Waals surface area contributed by atoms with Crippen LogP contribution in [0.5, 0.6) is 0 Å². The molecule has 1 rings (SSSR count). The molecule has 1 unspecified atom stereocenters. The fourth-order valence-electron chi connectivity index (χ4n) is 1.57. The highest BCUT2D eigenvalue weighted by Crippen LogP contribution is 2.05.